The number of nitrogens with zero attached hydrogens (tertiary/aromatic N) is 2. The fourth-order valence-electron chi connectivity index (χ4n) is 1.99. The van der Waals surface area contributed by atoms with Crippen molar-refractivity contribution in [2.75, 3.05) is 6.54 Å². The maximum Gasteiger partial charge on any atom is 0.0951 e. The maximum atomic E-state index is 4.27. The van der Waals surface area contributed by atoms with Crippen LogP contribution in [0, 0.1) is 5.92 Å². The second-order valence-electron chi connectivity index (χ2n) is 5.31. The summed E-state index contributed by atoms with van der Waals surface area (Å²) in [5.74, 6) is 0.698. The van der Waals surface area contributed by atoms with Crippen LogP contribution in [0.15, 0.2) is 12.5 Å². The van der Waals surface area contributed by atoms with E-state index in [-0.39, 0.29) is 0 Å². The molecule has 1 atom stereocenters. The summed E-state index contributed by atoms with van der Waals surface area (Å²) in [7, 11) is 0. The fourth-order valence-corrected chi connectivity index (χ4v) is 1.99. The molecule has 1 aromatic rings. The van der Waals surface area contributed by atoms with Crippen molar-refractivity contribution >= 4 is 0 Å². The highest BCUT2D eigenvalue weighted by Crippen LogP contribution is 2.16. The average molecular weight is 237 g/mol. The number of imidazole rings is 1. The lowest BCUT2D eigenvalue weighted by Gasteiger charge is -2.17. The lowest BCUT2D eigenvalue weighted by atomic mass is 10.1. The quantitative estimate of drug-likeness (QED) is 0.751. The van der Waals surface area contributed by atoms with E-state index >= 15 is 0 Å². The van der Waals surface area contributed by atoms with Gasteiger partial charge < -0.3 is 9.88 Å². The van der Waals surface area contributed by atoms with Gasteiger partial charge in [0.25, 0.3) is 0 Å². The minimum Gasteiger partial charge on any atom is -0.331 e. The summed E-state index contributed by atoms with van der Waals surface area (Å²) in [6.45, 7) is 11.0. The first-order valence-electron chi connectivity index (χ1n) is 6.86. The SMILES string of the molecule is CCCCC(C)n1cncc1CNCC(C)C. The topological polar surface area (TPSA) is 29.9 Å². The zero-order valence-corrected chi connectivity index (χ0v) is 11.7. The van der Waals surface area contributed by atoms with Gasteiger partial charge in [0, 0.05) is 18.8 Å². The molecule has 0 radical (unpaired) electrons. The van der Waals surface area contributed by atoms with Crippen LogP contribution in [-0.4, -0.2) is 16.1 Å². The maximum absolute atomic E-state index is 4.27. The number of hydrogen-bond acceptors (Lipinski definition) is 2. The number of aromatic nitrogens is 2. The van der Waals surface area contributed by atoms with Crippen molar-refractivity contribution in [3.05, 3.63) is 18.2 Å². The van der Waals surface area contributed by atoms with Gasteiger partial charge >= 0.3 is 0 Å². The first-order chi connectivity index (χ1) is 8.15. The van der Waals surface area contributed by atoms with Gasteiger partial charge in [0.2, 0.25) is 0 Å². The zero-order valence-electron chi connectivity index (χ0n) is 11.7. The van der Waals surface area contributed by atoms with Crippen LogP contribution in [0.4, 0.5) is 0 Å². The second-order valence-corrected chi connectivity index (χ2v) is 5.31. The molecule has 0 amide bonds. The average Bonchev–Trinajstić information content (AvgIpc) is 2.73. The Hall–Kier alpha value is -0.830. The summed E-state index contributed by atoms with van der Waals surface area (Å²) < 4.78 is 2.31. The van der Waals surface area contributed by atoms with E-state index < -0.39 is 0 Å². The molecular formula is C14H27N3. The summed E-state index contributed by atoms with van der Waals surface area (Å²) in [4.78, 5) is 4.27. The van der Waals surface area contributed by atoms with Crippen LogP contribution in [0.1, 0.15) is 58.7 Å². The van der Waals surface area contributed by atoms with E-state index in [9.17, 15) is 0 Å². The van der Waals surface area contributed by atoms with E-state index in [0.29, 0.717) is 12.0 Å². The molecule has 0 fully saturated rings. The molecule has 3 nitrogen and oxygen atoms in total. The number of unbranched alkanes of at least 4 members (excludes halogenated alkanes) is 1. The molecule has 3 heteroatoms. The highest BCUT2D eigenvalue weighted by molar-refractivity contribution is 4.99. The predicted molar refractivity (Wildman–Crippen MR) is 73.0 cm³/mol. The van der Waals surface area contributed by atoms with Gasteiger partial charge in [0.1, 0.15) is 0 Å². The third-order valence-electron chi connectivity index (χ3n) is 3.06. The van der Waals surface area contributed by atoms with Crippen LogP contribution in [0.5, 0.6) is 0 Å². The van der Waals surface area contributed by atoms with Crippen LogP contribution < -0.4 is 5.32 Å². The van der Waals surface area contributed by atoms with Gasteiger partial charge in [-0.05, 0) is 25.8 Å². The lowest BCUT2D eigenvalue weighted by Crippen LogP contribution is -2.21. The van der Waals surface area contributed by atoms with Gasteiger partial charge in [-0.2, -0.15) is 0 Å². The van der Waals surface area contributed by atoms with Crippen LogP contribution in [-0.2, 0) is 6.54 Å². The minimum absolute atomic E-state index is 0.563. The summed E-state index contributed by atoms with van der Waals surface area (Å²) in [6, 6.07) is 0.563. The van der Waals surface area contributed by atoms with Crippen molar-refractivity contribution in [1.29, 1.82) is 0 Å². The molecule has 1 rings (SSSR count). The molecule has 0 saturated heterocycles. The van der Waals surface area contributed by atoms with E-state index in [2.05, 4.69) is 42.6 Å². The molecular weight excluding hydrogens is 210 g/mol. The van der Waals surface area contributed by atoms with Gasteiger partial charge in [-0.3, -0.25) is 0 Å². The Morgan fingerprint density at radius 3 is 2.76 bits per heavy atom. The third-order valence-corrected chi connectivity index (χ3v) is 3.06. The molecule has 1 heterocycles. The zero-order chi connectivity index (χ0) is 12.7. The second kappa shape index (κ2) is 7.49. The first kappa shape index (κ1) is 14.2. The minimum atomic E-state index is 0.563. The Morgan fingerprint density at radius 1 is 1.35 bits per heavy atom. The van der Waals surface area contributed by atoms with Crippen LogP contribution in [0.25, 0.3) is 0 Å². The molecule has 0 bridgehead atoms. The van der Waals surface area contributed by atoms with Crippen molar-refractivity contribution < 1.29 is 0 Å². The van der Waals surface area contributed by atoms with Crippen LogP contribution in [0.2, 0.25) is 0 Å². The van der Waals surface area contributed by atoms with Gasteiger partial charge in [0.15, 0.2) is 0 Å². The van der Waals surface area contributed by atoms with Crippen molar-refractivity contribution in [1.82, 2.24) is 14.9 Å². The summed E-state index contributed by atoms with van der Waals surface area (Å²) >= 11 is 0. The number of rotatable bonds is 8. The molecule has 0 aliphatic rings. The Balaban J connectivity index is 2.47. The van der Waals surface area contributed by atoms with Crippen molar-refractivity contribution in [2.45, 2.75) is 59.5 Å². The van der Waals surface area contributed by atoms with Gasteiger partial charge in [-0.25, -0.2) is 4.98 Å². The summed E-state index contributed by atoms with van der Waals surface area (Å²) in [6.07, 6.45) is 7.74. The molecule has 0 aliphatic heterocycles. The Labute approximate surface area is 106 Å². The molecule has 1 N–H and O–H groups in total. The number of hydrogen-bond donors (Lipinski definition) is 1. The Kier molecular flexibility index (Phi) is 6.27. The third kappa shape index (κ3) is 4.90. The largest absolute Gasteiger partial charge is 0.331 e. The number of nitrogens with one attached hydrogen (secondary N) is 1. The highest BCUT2D eigenvalue weighted by atomic mass is 15.1. The lowest BCUT2D eigenvalue weighted by molar-refractivity contribution is 0.459. The van der Waals surface area contributed by atoms with Crippen molar-refractivity contribution in [3.63, 3.8) is 0 Å². The normalized spacial score (nSPS) is 13.2. The molecule has 0 saturated carbocycles. The van der Waals surface area contributed by atoms with E-state index in [1.165, 1.54) is 25.0 Å². The highest BCUT2D eigenvalue weighted by Gasteiger charge is 2.08. The van der Waals surface area contributed by atoms with Crippen molar-refractivity contribution in [3.8, 4) is 0 Å². The molecule has 0 aromatic carbocycles. The van der Waals surface area contributed by atoms with E-state index in [4.69, 9.17) is 0 Å². The monoisotopic (exact) mass is 237 g/mol. The first-order valence-corrected chi connectivity index (χ1v) is 6.86. The Morgan fingerprint density at radius 2 is 2.12 bits per heavy atom. The molecule has 17 heavy (non-hydrogen) atoms. The van der Waals surface area contributed by atoms with Gasteiger partial charge in [-0.1, -0.05) is 33.6 Å². The molecule has 0 aliphatic carbocycles. The summed E-state index contributed by atoms with van der Waals surface area (Å²) in [5.41, 5.74) is 1.30. The van der Waals surface area contributed by atoms with E-state index in [1.807, 2.05) is 12.5 Å². The molecule has 1 aromatic heterocycles. The predicted octanol–water partition coefficient (Wildman–Crippen LogP) is 3.38. The molecule has 1 unspecified atom stereocenters. The smallest absolute Gasteiger partial charge is 0.0951 e. The standard InChI is InChI=1S/C14H27N3/c1-5-6-7-13(4)17-11-16-10-14(17)9-15-8-12(2)3/h10-13,15H,5-9H2,1-4H3. The van der Waals surface area contributed by atoms with Gasteiger partial charge in [-0.15, -0.1) is 0 Å². The van der Waals surface area contributed by atoms with Crippen LogP contribution >= 0.6 is 0 Å². The van der Waals surface area contributed by atoms with Crippen LogP contribution in [0.3, 0.4) is 0 Å². The van der Waals surface area contributed by atoms with Gasteiger partial charge in [0.05, 0.1) is 12.0 Å². The van der Waals surface area contributed by atoms with E-state index in [0.717, 1.165) is 13.1 Å². The van der Waals surface area contributed by atoms with E-state index in [1.54, 1.807) is 0 Å². The molecule has 0 spiro atoms. The fraction of sp³-hybridized carbons (Fsp3) is 0.786. The summed E-state index contributed by atoms with van der Waals surface area (Å²) in [5, 5.41) is 3.48. The Bertz CT molecular complexity index is 304. The molecule has 98 valence electrons. The van der Waals surface area contributed by atoms with Crippen molar-refractivity contribution in [2.24, 2.45) is 5.92 Å².